The lowest BCUT2D eigenvalue weighted by Crippen LogP contribution is -2.02. The van der Waals surface area contributed by atoms with Crippen LogP contribution in [0.3, 0.4) is 0 Å². The van der Waals surface area contributed by atoms with Gasteiger partial charge >= 0.3 is 0 Å². The summed E-state index contributed by atoms with van der Waals surface area (Å²) < 4.78 is 5.47. The summed E-state index contributed by atoms with van der Waals surface area (Å²) in [5.41, 5.74) is 11.4. The van der Waals surface area contributed by atoms with E-state index in [1.54, 1.807) is 12.4 Å². The lowest BCUT2D eigenvalue weighted by Gasteiger charge is -2.10. The van der Waals surface area contributed by atoms with E-state index < -0.39 is 0 Å². The summed E-state index contributed by atoms with van der Waals surface area (Å²) in [5, 5.41) is 11.2. The molecule has 142 valence electrons. The van der Waals surface area contributed by atoms with Crippen molar-refractivity contribution in [1.82, 2.24) is 25.1 Å². The van der Waals surface area contributed by atoms with Crippen LogP contribution in [0.15, 0.2) is 65.7 Å². The fourth-order valence-electron chi connectivity index (χ4n) is 3.31. The van der Waals surface area contributed by atoms with Crippen LogP contribution in [0.1, 0.15) is 5.69 Å². The van der Waals surface area contributed by atoms with Crippen LogP contribution in [0, 0.1) is 6.92 Å². The van der Waals surface area contributed by atoms with Crippen molar-refractivity contribution in [2.24, 2.45) is 0 Å². The number of anilines is 3. The Bertz CT molecular complexity index is 1320. The first-order valence-electron chi connectivity index (χ1n) is 9.01. The van der Waals surface area contributed by atoms with E-state index in [4.69, 9.17) is 10.2 Å². The Hall–Kier alpha value is -4.20. The number of rotatable bonds is 4. The number of hydrogen-bond donors (Lipinski definition) is 3. The normalized spacial score (nSPS) is 11.1. The molecule has 5 aromatic rings. The molecule has 0 saturated carbocycles. The van der Waals surface area contributed by atoms with Crippen molar-refractivity contribution < 1.29 is 4.42 Å². The van der Waals surface area contributed by atoms with Gasteiger partial charge in [0.1, 0.15) is 5.82 Å². The standard InChI is InChI=1S/C21H17N7O/c1-12-19(29-11-24-12)13-4-2-5-14(8-13)26-21-23-9-17(20(22)27-21)15-6-3-7-18-16(15)10-25-28-18/h2-11H,1H3,(H,25,28)(H3,22,23,26,27). The maximum Gasteiger partial charge on any atom is 0.229 e. The van der Waals surface area contributed by atoms with E-state index in [2.05, 4.69) is 30.5 Å². The molecule has 0 bridgehead atoms. The molecule has 2 aromatic carbocycles. The van der Waals surface area contributed by atoms with E-state index in [0.29, 0.717) is 11.8 Å². The highest BCUT2D eigenvalue weighted by Gasteiger charge is 2.12. The summed E-state index contributed by atoms with van der Waals surface area (Å²) in [4.78, 5) is 13.0. The Labute approximate surface area is 165 Å². The molecule has 0 unspecified atom stereocenters. The number of H-pyrrole nitrogens is 1. The Morgan fingerprint density at radius 3 is 2.76 bits per heavy atom. The third-order valence-corrected chi connectivity index (χ3v) is 4.72. The van der Waals surface area contributed by atoms with Crippen LogP contribution >= 0.6 is 0 Å². The van der Waals surface area contributed by atoms with Gasteiger partial charge in [-0.25, -0.2) is 9.97 Å². The predicted octanol–water partition coefficient (Wildman–Crippen LogP) is 4.31. The molecule has 0 fully saturated rings. The van der Waals surface area contributed by atoms with Gasteiger partial charge in [0.05, 0.1) is 17.4 Å². The smallest absolute Gasteiger partial charge is 0.229 e. The van der Waals surface area contributed by atoms with Crippen molar-refractivity contribution in [2.45, 2.75) is 6.92 Å². The van der Waals surface area contributed by atoms with Crippen molar-refractivity contribution >= 4 is 28.4 Å². The number of aryl methyl sites for hydroxylation is 1. The van der Waals surface area contributed by atoms with E-state index in [0.717, 1.165) is 44.7 Å². The van der Waals surface area contributed by atoms with Gasteiger partial charge in [-0.15, -0.1) is 0 Å². The zero-order valence-electron chi connectivity index (χ0n) is 15.5. The monoisotopic (exact) mass is 383 g/mol. The van der Waals surface area contributed by atoms with Gasteiger partial charge in [-0.3, -0.25) is 5.10 Å². The van der Waals surface area contributed by atoms with E-state index in [1.165, 1.54) is 6.39 Å². The number of nitrogens with zero attached hydrogens (tertiary/aromatic N) is 4. The second-order valence-electron chi connectivity index (χ2n) is 6.60. The van der Waals surface area contributed by atoms with Crippen LogP contribution < -0.4 is 11.1 Å². The molecule has 8 nitrogen and oxygen atoms in total. The molecule has 0 spiro atoms. The Morgan fingerprint density at radius 2 is 1.93 bits per heavy atom. The van der Waals surface area contributed by atoms with Crippen LogP contribution in [-0.4, -0.2) is 25.1 Å². The summed E-state index contributed by atoms with van der Waals surface area (Å²) in [6.07, 6.45) is 4.93. The van der Waals surface area contributed by atoms with Crippen molar-refractivity contribution in [1.29, 1.82) is 0 Å². The third-order valence-electron chi connectivity index (χ3n) is 4.72. The molecule has 4 N–H and O–H groups in total. The van der Waals surface area contributed by atoms with E-state index in [-0.39, 0.29) is 0 Å². The highest BCUT2D eigenvalue weighted by atomic mass is 16.3. The van der Waals surface area contributed by atoms with Crippen LogP contribution in [0.2, 0.25) is 0 Å². The zero-order chi connectivity index (χ0) is 19.8. The van der Waals surface area contributed by atoms with E-state index in [1.807, 2.05) is 49.4 Å². The first-order chi connectivity index (χ1) is 14.2. The summed E-state index contributed by atoms with van der Waals surface area (Å²) in [7, 11) is 0. The molecule has 3 heterocycles. The molecule has 29 heavy (non-hydrogen) atoms. The maximum absolute atomic E-state index is 6.25. The molecule has 0 aliphatic heterocycles. The van der Waals surface area contributed by atoms with Gasteiger partial charge in [0, 0.05) is 28.4 Å². The Kier molecular flexibility index (Phi) is 3.94. The molecule has 5 rings (SSSR count). The first kappa shape index (κ1) is 16.9. The number of nitrogens with two attached hydrogens (primary N) is 1. The molecular weight excluding hydrogens is 366 g/mol. The van der Waals surface area contributed by atoms with Gasteiger partial charge in [0.2, 0.25) is 5.95 Å². The third kappa shape index (κ3) is 3.06. The van der Waals surface area contributed by atoms with Crippen molar-refractivity contribution in [3.8, 4) is 22.5 Å². The number of nitrogens with one attached hydrogen (secondary N) is 2. The van der Waals surface area contributed by atoms with Crippen molar-refractivity contribution in [2.75, 3.05) is 11.1 Å². The first-order valence-corrected chi connectivity index (χ1v) is 9.01. The second kappa shape index (κ2) is 6.75. The SMILES string of the molecule is Cc1ncoc1-c1cccc(Nc2ncc(-c3cccc4[nH]ncc34)c(N)n2)c1. The molecule has 0 amide bonds. The predicted molar refractivity (Wildman–Crippen MR) is 111 cm³/mol. The maximum atomic E-state index is 6.25. The number of aromatic nitrogens is 5. The average molecular weight is 383 g/mol. The summed E-state index contributed by atoms with van der Waals surface area (Å²) in [6.45, 7) is 1.90. The largest absolute Gasteiger partial charge is 0.443 e. The molecule has 0 aliphatic rings. The average Bonchev–Trinajstić information content (AvgIpc) is 3.37. The van der Waals surface area contributed by atoms with Crippen LogP contribution in [0.25, 0.3) is 33.4 Å². The topological polar surface area (TPSA) is 119 Å². The highest BCUT2D eigenvalue weighted by molar-refractivity contribution is 5.96. The molecule has 0 aliphatic carbocycles. The fraction of sp³-hybridized carbons (Fsp3) is 0.0476. The van der Waals surface area contributed by atoms with Gasteiger partial charge < -0.3 is 15.5 Å². The van der Waals surface area contributed by atoms with Gasteiger partial charge in [-0.1, -0.05) is 24.3 Å². The minimum atomic E-state index is 0.387. The number of hydrogen-bond acceptors (Lipinski definition) is 7. The van der Waals surface area contributed by atoms with Crippen LogP contribution in [0.4, 0.5) is 17.5 Å². The molecule has 0 radical (unpaired) electrons. The van der Waals surface area contributed by atoms with Crippen molar-refractivity contribution in [3.05, 3.63) is 66.9 Å². The molecule has 0 atom stereocenters. The fourth-order valence-corrected chi connectivity index (χ4v) is 3.31. The van der Waals surface area contributed by atoms with E-state index in [9.17, 15) is 0 Å². The minimum absolute atomic E-state index is 0.387. The van der Waals surface area contributed by atoms with Gasteiger partial charge in [0.15, 0.2) is 12.2 Å². The quantitative estimate of drug-likeness (QED) is 0.423. The molecule has 3 aromatic heterocycles. The number of benzene rings is 2. The number of aromatic amines is 1. The lowest BCUT2D eigenvalue weighted by molar-refractivity contribution is 0.571. The second-order valence-corrected chi connectivity index (χ2v) is 6.60. The van der Waals surface area contributed by atoms with Gasteiger partial charge in [0.25, 0.3) is 0 Å². The molecule has 8 heteroatoms. The van der Waals surface area contributed by atoms with Crippen LogP contribution in [0.5, 0.6) is 0 Å². The summed E-state index contributed by atoms with van der Waals surface area (Å²) in [5.74, 6) is 1.54. The lowest BCUT2D eigenvalue weighted by atomic mass is 10.0. The number of fused-ring (bicyclic) bond motifs is 1. The molecular formula is C21H17N7O. The summed E-state index contributed by atoms with van der Waals surface area (Å²) >= 11 is 0. The van der Waals surface area contributed by atoms with Crippen LogP contribution in [-0.2, 0) is 0 Å². The number of nitrogen functional groups attached to an aromatic ring is 1. The minimum Gasteiger partial charge on any atom is -0.443 e. The van der Waals surface area contributed by atoms with Gasteiger partial charge in [-0.2, -0.15) is 10.1 Å². The Morgan fingerprint density at radius 1 is 1.03 bits per heavy atom. The summed E-state index contributed by atoms with van der Waals surface area (Å²) in [6, 6.07) is 13.6. The zero-order valence-corrected chi connectivity index (χ0v) is 15.5. The van der Waals surface area contributed by atoms with E-state index >= 15 is 0 Å². The van der Waals surface area contributed by atoms with Crippen molar-refractivity contribution in [3.63, 3.8) is 0 Å². The van der Waals surface area contributed by atoms with Gasteiger partial charge in [-0.05, 0) is 30.7 Å². The molecule has 0 saturated heterocycles. The highest BCUT2D eigenvalue weighted by Crippen LogP contribution is 2.31. The Balaban J connectivity index is 1.46. The number of oxazole rings is 1.